The highest BCUT2D eigenvalue weighted by atomic mass is 16.2. The van der Waals surface area contributed by atoms with Crippen LogP contribution in [0.1, 0.15) is 51.9 Å². The topological polar surface area (TPSA) is 78.9 Å². The van der Waals surface area contributed by atoms with E-state index in [1.165, 1.54) is 19.3 Å². The van der Waals surface area contributed by atoms with E-state index in [2.05, 4.69) is 11.4 Å². The van der Waals surface area contributed by atoms with Gasteiger partial charge in [0.1, 0.15) is 5.54 Å². The fourth-order valence-electron chi connectivity index (χ4n) is 5.67. The van der Waals surface area contributed by atoms with Crippen molar-refractivity contribution in [2.75, 3.05) is 0 Å². The Morgan fingerprint density at radius 1 is 1.32 bits per heavy atom. The third kappa shape index (κ3) is 1.74. The molecular formula is C15H23N3O. The SMILES string of the molecule is CCC(C#N)(NC(N)=O)C12CC3CC(CC(C3)C1)C2. The Labute approximate surface area is 114 Å². The molecule has 2 amide bonds. The summed E-state index contributed by atoms with van der Waals surface area (Å²) in [5.41, 5.74) is 4.56. The Hall–Kier alpha value is -1.24. The zero-order chi connectivity index (χ0) is 13.7. The van der Waals surface area contributed by atoms with Gasteiger partial charge in [-0.2, -0.15) is 5.26 Å². The molecule has 0 aromatic heterocycles. The molecule has 0 aromatic rings. The van der Waals surface area contributed by atoms with Gasteiger partial charge >= 0.3 is 6.03 Å². The van der Waals surface area contributed by atoms with E-state index in [9.17, 15) is 10.1 Å². The van der Waals surface area contributed by atoms with Gasteiger partial charge in [-0.1, -0.05) is 6.92 Å². The Bertz CT molecular complexity index is 404. The molecule has 4 nitrogen and oxygen atoms in total. The second-order valence-corrected chi connectivity index (χ2v) is 7.06. The van der Waals surface area contributed by atoms with E-state index in [1.54, 1.807) is 0 Å². The van der Waals surface area contributed by atoms with Crippen molar-refractivity contribution in [2.45, 2.75) is 57.4 Å². The highest BCUT2D eigenvalue weighted by Crippen LogP contribution is 2.64. The molecule has 4 heteroatoms. The molecule has 4 saturated carbocycles. The molecule has 3 N–H and O–H groups in total. The number of hydrogen-bond acceptors (Lipinski definition) is 2. The maximum atomic E-state index is 11.4. The van der Waals surface area contributed by atoms with Crippen molar-refractivity contribution in [1.29, 1.82) is 5.26 Å². The van der Waals surface area contributed by atoms with Crippen LogP contribution in [0.15, 0.2) is 0 Å². The van der Waals surface area contributed by atoms with E-state index < -0.39 is 11.6 Å². The summed E-state index contributed by atoms with van der Waals surface area (Å²) in [6, 6.07) is 1.89. The summed E-state index contributed by atoms with van der Waals surface area (Å²) in [7, 11) is 0. The van der Waals surface area contributed by atoms with E-state index in [0.717, 1.165) is 37.0 Å². The van der Waals surface area contributed by atoms with Crippen LogP contribution < -0.4 is 11.1 Å². The van der Waals surface area contributed by atoms with Gasteiger partial charge in [0, 0.05) is 5.41 Å². The lowest BCUT2D eigenvalue weighted by Gasteiger charge is -2.61. The van der Waals surface area contributed by atoms with Crippen molar-refractivity contribution in [2.24, 2.45) is 28.9 Å². The number of nitriles is 1. The predicted molar refractivity (Wildman–Crippen MR) is 72.0 cm³/mol. The lowest BCUT2D eigenvalue weighted by atomic mass is 9.44. The fourth-order valence-corrected chi connectivity index (χ4v) is 5.67. The summed E-state index contributed by atoms with van der Waals surface area (Å²) < 4.78 is 0. The Kier molecular flexibility index (Phi) is 2.78. The molecule has 1 unspecified atom stereocenters. The molecule has 0 saturated heterocycles. The minimum atomic E-state index is -0.755. The summed E-state index contributed by atoms with van der Waals surface area (Å²) in [4.78, 5) is 11.4. The molecule has 1 atom stereocenters. The second-order valence-electron chi connectivity index (χ2n) is 7.06. The van der Waals surface area contributed by atoms with Gasteiger partial charge in [-0.25, -0.2) is 4.79 Å². The van der Waals surface area contributed by atoms with Crippen LogP contribution in [-0.4, -0.2) is 11.6 Å². The smallest absolute Gasteiger partial charge is 0.313 e. The number of amides is 2. The molecule has 0 spiro atoms. The van der Waals surface area contributed by atoms with Gasteiger partial charge in [-0.3, -0.25) is 0 Å². The third-order valence-corrected chi connectivity index (χ3v) is 6.00. The molecule has 4 bridgehead atoms. The van der Waals surface area contributed by atoms with Crippen molar-refractivity contribution in [3.8, 4) is 6.07 Å². The number of nitrogens with zero attached hydrogens (tertiary/aromatic N) is 1. The summed E-state index contributed by atoms with van der Waals surface area (Å²) in [6.07, 6.45) is 7.95. The van der Waals surface area contributed by atoms with Crippen LogP contribution in [0, 0.1) is 34.5 Å². The van der Waals surface area contributed by atoms with Crippen molar-refractivity contribution in [3.63, 3.8) is 0 Å². The highest BCUT2D eigenvalue weighted by Gasteiger charge is 2.60. The van der Waals surface area contributed by atoms with Crippen LogP contribution in [0.3, 0.4) is 0 Å². The van der Waals surface area contributed by atoms with Crippen LogP contribution in [0.2, 0.25) is 0 Å². The molecule has 4 rings (SSSR count). The molecule has 4 fully saturated rings. The van der Waals surface area contributed by atoms with Crippen LogP contribution in [0.4, 0.5) is 4.79 Å². The Morgan fingerprint density at radius 2 is 1.79 bits per heavy atom. The van der Waals surface area contributed by atoms with Gasteiger partial charge in [0.05, 0.1) is 6.07 Å². The number of carbonyl (C=O) groups is 1. The van der Waals surface area contributed by atoms with Gasteiger partial charge in [-0.15, -0.1) is 0 Å². The number of nitrogens with two attached hydrogens (primary N) is 1. The maximum absolute atomic E-state index is 11.4. The summed E-state index contributed by atoms with van der Waals surface area (Å²) in [5.74, 6) is 2.29. The van der Waals surface area contributed by atoms with Crippen molar-refractivity contribution in [1.82, 2.24) is 5.32 Å². The number of rotatable bonds is 3. The number of urea groups is 1. The van der Waals surface area contributed by atoms with E-state index in [4.69, 9.17) is 5.73 Å². The normalized spacial score (nSPS) is 42.4. The van der Waals surface area contributed by atoms with E-state index >= 15 is 0 Å². The van der Waals surface area contributed by atoms with Gasteiger partial charge < -0.3 is 11.1 Å². The van der Waals surface area contributed by atoms with Crippen LogP contribution in [-0.2, 0) is 0 Å². The first-order valence-electron chi connectivity index (χ1n) is 7.51. The first-order valence-corrected chi connectivity index (χ1v) is 7.51. The van der Waals surface area contributed by atoms with E-state index in [1.807, 2.05) is 6.92 Å². The number of hydrogen-bond donors (Lipinski definition) is 2. The van der Waals surface area contributed by atoms with E-state index in [-0.39, 0.29) is 5.41 Å². The van der Waals surface area contributed by atoms with Crippen LogP contribution in [0.25, 0.3) is 0 Å². The predicted octanol–water partition coefficient (Wildman–Crippen LogP) is 2.54. The van der Waals surface area contributed by atoms with Gasteiger partial charge in [-0.05, 0) is 62.7 Å². The lowest BCUT2D eigenvalue weighted by Crippen LogP contribution is -2.65. The monoisotopic (exact) mass is 261 g/mol. The van der Waals surface area contributed by atoms with Crippen molar-refractivity contribution >= 4 is 6.03 Å². The molecule has 19 heavy (non-hydrogen) atoms. The molecule has 0 heterocycles. The molecule has 0 aliphatic heterocycles. The van der Waals surface area contributed by atoms with Crippen LogP contribution in [0.5, 0.6) is 0 Å². The van der Waals surface area contributed by atoms with Crippen molar-refractivity contribution in [3.05, 3.63) is 0 Å². The van der Waals surface area contributed by atoms with Gasteiger partial charge in [0.15, 0.2) is 0 Å². The maximum Gasteiger partial charge on any atom is 0.313 e. The summed E-state index contributed by atoms with van der Waals surface area (Å²) >= 11 is 0. The first-order chi connectivity index (χ1) is 9.02. The standard InChI is InChI=1S/C15H23N3O/c1-2-15(9-16,18-13(17)19)14-6-10-3-11(7-14)5-12(4-10)8-14/h10-12H,2-8H2,1H3,(H3,17,18,19). The largest absolute Gasteiger partial charge is 0.352 e. The van der Waals surface area contributed by atoms with Crippen LogP contribution >= 0.6 is 0 Å². The number of primary amides is 1. The highest BCUT2D eigenvalue weighted by molar-refractivity contribution is 5.73. The third-order valence-electron chi connectivity index (χ3n) is 6.00. The molecular weight excluding hydrogens is 238 g/mol. The molecule has 0 radical (unpaired) electrons. The summed E-state index contributed by atoms with van der Waals surface area (Å²) in [6.45, 7) is 2.00. The van der Waals surface area contributed by atoms with Crippen molar-refractivity contribution < 1.29 is 4.79 Å². The zero-order valence-electron chi connectivity index (χ0n) is 11.6. The molecule has 104 valence electrons. The van der Waals surface area contributed by atoms with E-state index in [0.29, 0.717) is 6.42 Å². The van der Waals surface area contributed by atoms with Gasteiger partial charge in [0.25, 0.3) is 0 Å². The average Bonchev–Trinajstić information content (AvgIpc) is 2.33. The Balaban J connectivity index is 1.98. The number of carbonyl (C=O) groups excluding carboxylic acids is 1. The lowest BCUT2D eigenvalue weighted by molar-refractivity contribution is -0.0902. The second kappa shape index (κ2) is 4.13. The minimum Gasteiger partial charge on any atom is -0.352 e. The fraction of sp³-hybridized carbons (Fsp3) is 0.867. The van der Waals surface area contributed by atoms with Gasteiger partial charge in [0.2, 0.25) is 0 Å². The Morgan fingerprint density at radius 3 is 2.11 bits per heavy atom. The minimum absolute atomic E-state index is 0.0275. The zero-order valence-corrected chi connectivity index (χ0v) is 11.6. The molecule has 0 aromatic carbocycles. The number of nitrogens with one attached hydrogen (secondary N) is 1. The summed E-state index contributed by atoms with van der Waals surface area (Å²) in [5, 5.41) is 12.6. The first kappa shape index (κ1) is 12.8. The average molecular weight is 261 g/mol. The quantitative estimate of drug-likeness (QED) is 0.818. The molecule has 4 aliphatic rings. The molecule has 4 aliphatic carbocycles.